The van der Waals surface area contributed by atoms with Crippen LogP contribution in [0.2, 0.25) is 0 Å². The van der Waals surface area contributed by atoms with Gasteiger partial charge in [0.05, 0.1) is 6.61 Å². The largest absolute Gasteiger partial charge is 0.507 e. The molecule has 0 spiro atoms. The van der Waals surface area contributed by atoms with Crippen LogP contribution in [0.1, 0.15) is 56.1 Å². The van der Waals surface area contributed by atoms with E-state index in [0.717, 1.165) is 42.0 Å². The fourth-order valence-electron chi connectivity index (χ4n) is 3.77. The molecule has 28 heavy (non-hydrogen) atoms. The summed E-state index contributed by atoms with van der Waals surface area (Å²) < 4.78 is 4.99. The molecule has 3 rings (SSSR count). The van der Waals surface area contributed by atoms with Gasteiger partial charge in [0.25, 0.3) is 0 Å². The van der Waals surface area contributed by atoms with Crippen molar-refractivity contribution in [1.82, 2.24) is 0 Å². The zero-order valence-electron chi connectivity index (χ0n) is 16.4. The molecule has 1 unspecified atom stereocenters. The van der Waals surface area contributed by atoms with Crippen molar-refractivity contribution in [3.05, 3.63) is 77.9 Å². The number of benzene rings is 3. The highest BCUT2D eigenvalue weighted by Gasteiger charge is 2.19. The van der Waals surface area contributed by atoms with Crippen LogP contribution < -0.4 is 0 Å². The number of phenolic OH excluding ortho intramolecular Hbond substituents is 1. The minimum atomic E-state index is -0.116. The average molecular weight is 376 g/mol. The molecular weight excluding hydrogens is 348 g/mol. The highest BCUT2D eigenvalue weighted by Crippen LogP contribution is 2.39. The van der Waals surface area contributed by atoms with E-state index in [2.05, 4.69) is 18.2 Å². The van der Waals surface area contributed by atoms with Crippen LogP contribution in [0.5, 0.6) is 5.75 Å². The van der Waals surface area contributed by atoms with E-state index in [4.69, 9.17) is 4.74 Å². The number of hydrogen-bond acceptors (Lipinski definition) is 3. The van der Waals surface area contributed by atoms with Crippen molar-refractivity contribution in [3.8, 4) is 5.75 Å². The van der Waals surface area contributed by atoms with Crippen molar-refractivity contribution >= 4 is 16.7 Å². The smallest absolute Gasteiger partial charge is 0.305 e. The number of carbonyl (C=O) groups is 1. The Morgan fingerprint density at radius 3 is 2.46 bits per heavy atom. The van der Waals surface area contributed by atoms with Crippen molar-refractivity contribution in [2.45, 2.75) is 44.9 Å². The zero-order valence-corrected chi connectivity index (χ0v) is 16.4. The number of ether oxygens (including phenoxy) is 1. The van der Waals surface area contributed by atoms with Crippen molar-refractivity contribution in [3.63, 3.8) is 0 Å². The Kier molecular flexibility index (Phi) is 7.07. The Morgan fingerprint density at radius 2 is 1.68 bits per heavy atom. The number of esters is 1. The van der Waals surface area contributed by atoms with Crippen LogP contribution in [0.25, 0.3) is 10.8 Å². The van der Waals surface area contributed by atoms with E-state index in [1.165, 1.54) is 5.56 Å². The summed E-state index contributed by atoms with van der Waals surface area (Å²) in [6.45, 7) is 2.27. The summed E-state index contributed by atoms with van der Waals surface area (Å²) in [5, 5.41) is 12.9. The van der Waals surface area contributed by atoms with Gasteiger partial charge >= 0.3 is 5.97 Å². The Bertz CT molecular complexity index is 902. The maximum absolute atomic E-state index is 11.5. The van der Waals surface area contributed by atoms with E-state index >= 15 is 0 Å². The predicted octanol–water partition coefficient (Wildman–Crippen LogP) is 6.19. The van der Waals surface area contributed by atoms with Crippen molar-refractivity contribution in [1.29, 1.82) is 0 Å². The number of unbranched alkanes of at least 4 members (excludes halogenated alkanes) is 2. The summed E-state index contributed by atoms with van der Waals surface area (Å²) in [5.41, 5.74) is 2.17. The van der Waals surface area contributed by atoms with Gasteiger partial charge in [-0.2, -0.15) is 0 Å². The maximum atomic E-state index is 11.5. The van der Waals surface area contributed by atoms with Crippen molar-refractivity contribution < 1.29 is 14.6 Å². The predicted molar refractivity (Wildman–Crippen MR) is 114 cm³/mol. The second-order valence-corrected chi connectivity index (χ2v) is 7.09. The Hall–Kier alpha value is -2.81. The lowest BCUT2D eigenvalue weighted by Crippen LogP contribution is -2.04. The lowest BCUT2D eigenvalue weighted by molar-refractivity contribution is -0.143. The van der Waals surface area contributed by atoms with Crippen LogP contribution in [-0.2, 0) is 9.53 Å². The first-order chi connectivity index (χ1) is 13.7. The van der Waals surface area contributed by atoms with Crippen LogP contribution in [0.4, 0.5) is 0 Å². The van der Waals surface area contributed by atoms with Gasteiger partial charge in [0.2, 0.25) is 0 Å². The van der Waals surface area contributed by atoms with Gasteiger partial charge in [0.1, 0.15) is 5.75 Å². The molecule has 0 heterocycles. The van der Waals surface area contributed by atoms with E-state index in [1.807, 2.05) is 55.5 Å². The summed E-state index contributed by atoms with van der Waals surface area (Å²) >= 11 is 0. The molecule has 1 N–H and O–H groups in total. The molecule has 0 aliphatic carbocycles. The fourth-order valence-corrected chi connectivity index (χ4v) is 3.77. The number of rotatable bonds is 9. The Labute approximate surface area is 167 Å². The van der Waals surface area contributed by atoms with E-state index in [1.54, 1.807) is 0 Å². The molecular formula is C25H28O3. The van der Waals surface area contributed by atoms with Crippen molar-refractivity contribution in [2.75, 3.05) is 6.61 Å². The summed E-state index contributed by atoms with van der Waals surface area (Å²) in [6, 6.07) is 22.4. The summed E-state index contributed by atoms with van der Waals surface area (Å²) in [4.78, 5) is 11.5. The Balaban J connectivity index is 1.75. The number of hydrogen-bond donors (Lipinski definition) is 1. The van der Waals surface area contributed by atoms with Gasteiger partial charge in [0.15, 0.2) is 0 Å². The van der Waals surface area contributed by atoms with Crippen LogP contribution in [0.15, 0.2) is 66.7 Å². The lowest BCUT2D eigenvalue weighted by atomic mass is 9.85. The molecule has 0 bridgehead atoms. The molecule has 0 aliphatic rings. The minimum absolute atomic E-state index is 0.116. The molecule has 0 amide bonds. The Morgan fingerprint density at radius 1 is 0.929 bits per heavy atom. The van der Waals surface area contributed by atoms with Gasteiger partial charge < -0.3 is 9.84 Å². The first kappa shape index (κ1) is 19.9. The maximum Gasteiger partial charge on any atom is 0.305 e. The van der Waals surface area contributed by atoms with Crippen molar-refractivity contribution in [2.24, 2.45) is 0 Å². The first-order valence-electron chi connectivity index (χ1n) is 10.1. The lowest BCUT2D eigenvalue weighted by Gasteiger charge is -2.20. The normalized spacial score (nSPS) is 12.0. The third-order valence-corrected chi connectivity index (χ3v) is 5.19. The summed E-state index contributed by atoms with van der Waals surface area (Å²) in [6.07, 6.45) is 4.20. The highest BCUT2D eigenvalue weighted by atomic mass is 16.5. The molecule has 146 valence electrons. The second-order valence-electron chi connectivity index (χ2n) is 7.09. The van der Waals surface area contributed by atoms with Gasteiger partial charge in [-0.1, -0.05) is 79.6 Å². The monoisotopic (exact) mass is 376 g/mol. The third kappa shape index (κ3) is 4.92. The molecule has 3 aromatic carbocycles. The topological polar surface area (TPSA) is 46.5 Å². The molecule has 3 heteroatoms. The third-order valence-electron chi connectivity index (χ3n) is 5.19. The molecule has 3 nitrogen and oxygen atoms in total. The quantitative estimate of drug-likeness (QED) is 0.358. The van der Waals surface area contributed by atoms with Crippen LogP contribution in [0.3, 0.4) is 0 Å². The van der Waals surface area contributed by atoms with Gasteiger partial charge in [-0.15, -0.1) is 0 Å². The zero-order chi connectivity index (χ0) is 19.8. The molecule has 0 aliphatic heterocycles. The highest BCUT2D eigenvalue weighted by molar-refractivity contribution is 5.89. The SMILES string of the molecule is CCOC(=O)CCCCCC(c1ccccc1)c1ccc2ccccc2c1O. The number of fused-ring (bicyclic) bond motifs is 1. The van der Waals surface area contributed by atoms with E-state index in [-0.39, 0.29) is 11.9 Å². The minimum Gasteiger partial charge on any atom is -0.507 e. The molecule has 3 aromatic rings. The van der Waals surface area contributed by atoms with Crippen LogP contribution in [0, 0.1) is 0 Å². The van der Waals surface area contributed by atoms with Gasteiger partial charge in [-0.05, 0) is 30.7 Å². The molecule has 0 fully saturated rings. The second kappa shape index (κ2) is 9.93. The fraction of sp³-hybridized carbons (Fsp3) is 0.320. The number of phenols is 1. The van der Waals surface area contributed by atoms with Gasteiger partial charge in [-0.25, -0.2) is 0 Å². The van der Waals surface area contributed by atoms with Crippen LogP contribution >= 0.6 is 0 Å². The number of carbonyl (C=O) groups excluding carboxylic acids is 1. The molecule has 0 radical (unpaired) electrons. The van der Waals surface area contributed by atoms with Gasteiger partial charge in [0, 0.05) is 23.3 Å². The number of aromatic hydroxyl groups is 1. The van der Waals surface area contributed by atoms with Crippen LogP contribution in [-0.4, -0.2) is 17.7 Å². The summed E-state index contributed by atoms with van der Waals surface area (Å²) in [5.74, 6) is 0.390. The molecule has 0 saturated heterocycles. The standard InChI is InChI=1S/C25H28O3/c1-2-28-24(26)16-8-4-7-14-21(19-11-5-3-6-12-19)23-18-17-20-13-9-10-15-22(20)25(23)27/h3,5-6,9-13,15,17-18,21,27H,2,4,7-8,14,16H2,1H3. The molecule has 0 saturated carbocycles. The van der Waals surface area contributed by atoms with Gasteiger partial charge in [-0.3, -0.25) is 4.79 Å². The van der Waals surface area contributed by atoms with E-state index in [9.17, 15) is 9.90 Å². The van der Waals surface area contributed by atoms with E-state index < -0.39 is 0 Å². The van der Waals surface area contributed by atoms with E-state index in [0.29, 0.717) is 18.8 Å². The average Bonchev–Trinajstić information content (AvgIpc) is 2.73. The molecule has 0 aromatic heterocycles. The molecule has 1 atom stereocenters. The summed E-state index contributed by atoms with van der Waals surface area (Å²) in [7, 11) is 0. The first-order valence-corrected chi connectivity index (χ1v) is 10.1.